The normalized spacial score (nSPS) is 17.1. The van der Waals surface area contributed by atoms with Gasteiger partial charge < -0.3 is 5.73 Å². The van der Waals surface area contributed by atoms with E-state index in [4.69, 9.17) is 5.73 Å². The molecule has 0 spiro atoms. The average molecular weight is 272 g/mol. The molecule has 7 heteroatoms. The van der Waals surface area contributed by atoms with Crippen LogP contribution in [-0.4, -0.2) is 24.2 Å². The van der Waals surface area contributed by atoms with Crippen molar-refractivity contribution in [3.05, 3.63) is 11.3 Å². The maximum atomic E-state index is 12.3. The summed E-state index contributed by atoms with van der Waals surface area (Å²) in [6.45, 7) is 5.73. The van der Waals surface area contributed by atoms with Crippen molar-refractivity contribution in [3.63, 3.8) is 0 Å². The number of nitrogens with two attached hydrogens (primary N) is 1. The summed E-state index contributed by atoms with van der Waals surface area (Å²) in [5.41, 5.74) is 6.39. The van der Waals surface area contributed by atoms with Crippen LogP contribution >= 0.6 is 0 Å². The maximum absolute atomic E-state index is 12.3. The van der Waals surface area contributed by atoms with Crippen LogP contribution < -0.4 is 10.5 Å². The van der Waals surface area contributed by atoms with Crippen molar-refractivity contribution in [3.8, 4) is 0 Å². The smallest absolute Gasteiger partial charge is 0.260 e. The van der Waals surface area contributed by atoms with Crippen LogP contribution in [0.4, 0.5) is 0 Å². The second-order valence-corrected chi connectivity index (χ2v) is 7.04. The van der Waals surface area contributed by atoms with Crippen LogP contribution in [0.15, 0.2) is 5.03 Å². The van der Waals surface area contributed by atoms with Crippen LogP contribution in [0.25, 0.3) is 0 Å². The van der Waals surface area contributed by atoms with Crippen LogP contribution in [0.5, 0.6) is 0 Å². The minimum Gasteiger partial charge on any atom is -0.326 e. The number of rotatable bonds is 5. The van der Waals surface area contributed by atoms with Gasteiger partial charge in [-0.15, -0.1) is 0 Å². The van der Waals surface area contributed by atoms with Gasteiger partial charge in [0.05, 0.1) is 0 Å². The van der Waals surface area contributed by atoms with Gasteiger partial charge >= 0.3 is 0 Å². The first-order valence-corrected chi connectivity index (χ1v) is 7.54. The Hall–Kier alpha value is -0.920. The molecular weight excluding hydrogens is 252 g/mol. The van der Waals surface area contributed by atoms with E-state index in [1.807, 2.05) is 13.8 Å². The zero-order chi connectivity index (χ0) is 13.6. The Kier molecular flexibility index (Phi) is 3.25. The number of aromatic amines is 1. The highest BCUT2D eigenvalue weighted by molar-refractivity contribution is 7.89. The molecule has 4 N–H and O–H groups in total. The number of nitrogens with zero attached hydrogens (tertiary/aromatic N) is 1. The number of aromatic nitrogens is 2. The molecule has 0 unspecified atom stereocenters. The predicted molar refractivity (Wildman–Crippen MR) is 68.3 cm³/mol. The van der Waals surface area contributed by atoms with Gasteiger partial charge in [-0.1, -0.05) is 0 Å². The lowest BCUT2D eigenvalue weighted by atomic mass is 10.0. The number of sulfonamides is 1. The van der Waals surface area contributed by atoms with Crippen molar-refractivity contribution in [1.29, 1.82) is 0 Å². The Morgan fingerprint density at radius 2 is 2.11 bits per heavy atom. The van der Waals surface area contributed by atoms with Gasteiger partial charge in [-0.2, -0.15) is 5.10 Å². The molecule has 1 saturated carbocycles. The number of hydrogen-bond acceptors (Lipinski definition) is 4. The lowest BCUT2D eigenvalue weighted by Crippen LogP contribution is -2.45. The summed E-state index contributed by atoms with van der Waals surface area (Å²) >= 11 is 0. The van der Waals surface area contributed by atoms with Crippen LogP contribution in [0, 0.1) is 12.8 Å². The summed E-state index contributed by atoms with van der Waals surface area (Å²) in [4.78, 5) is 0. The molecule has 0 radical (unpaired) electrons. The molecule has 0 aliphatic heterocycles. The third kappa shape index (κ3) is 2.43. The van der Waals surface area contributed by atoms with E-state index in [1.54, 1.807) is 6.92 Å². The molecule has 0 amide bonds. The van der Waals surface area contributed by atoms with Gasteiger partial charge in [0, 0.05) is 23.3 Å². The molecule has 18 heavy (non-hydrogen) atoms. The molecule has 1 aromatic rings. The standard InChI is InChI=1S/C11H20N4O2S/c1-7-9(6-12)10(14-13-7)18(16,17)15-11(2,3)8-4-5-8/h8,15H,4-6,12H2,1-3H3,(H,13,14). The van der Waals surface area contributed by atoms with Gasteiger partial charge in [-0.05, 0) is 39.5 Å². The summed E-state index contributed by atoms with van der Waals surface area (Å²) in [6.07, 6.45) is 2.14. The molecule has 2 rings (SSSR count). The lowest BCUT2D eigenvalue weighted by Gasteiger charge is -2.25. The van der Waals surface area contributed by atoms with Gasteiger partial charge in [0.2, 0.25) is 0 Å². The van der Waals surface area contributed by atoms with Crippen molar-refractivity contribution >= 4 is 10.0 Å². The average Bonchev–Trinajstić information content (AvgIpc) is 3.01. The second kappa shape index (κ2) is 4.32. The van der Waals surface area contributed by atoms with Crippen molar-refractivity contribution < 1.29 is 8.42 Å². The summed E-state index contributed by atoms with van der Waals surface area (Å²) in [5.74, 6) is 0.411. The van der Waals surface area contributed by atoms with Gasteiger partial charge in [0.15, 0.2) is 5.03 Å². The van der Waals surface area contributed by atoms with Gasteiger partial charge in [0.25, 0.3) is 10.0 Å². The minimum absolute atomic E-state index is 0.0243. The number of nitrogens with one attached hydrogen (secondary N) is 2. The van der Waals surface area contributed by atoms with E-state index in [1.165, 1.54) is 0 Å². The fourth-order valence-electron chi connectivity index (χ4n) is 2.18. The Labute approximate surface area is 107 Å². The molecule has 6 nitrogen and oxygen atoms in total. The molecule has 0 aromatic carbocycles. The van der Waals surface area contributed by atoms with Crippen molar-refractivity contribution in [1.82, 2.24) is 14.9 Å². The number of H-pyrrole nitrogens is 1. The van der Waals surface area contributed by atoms with E-state index in [0.717, 1.165) is 12.8 Å². The molecule has 0 atom stereocenters. The molecule has 1 fully saturated rings. The van der Waals surface area contributed by atoms with E-state index in [2.05, 4.69) is 14.9 Å². The SMILES string of the molecule is Cc1[nH]nc(S(=O)(=O)NC(C)(C)C2CC2)c1CN. The largest absolute Gasteiger partial charge is 0.326 e. The van der Waals surface area contributed by atoms with Crippen molar-refractivity contribution in [2.75, 3.05) is 0 Å². The Morgan fingerprint density at radius 3 is 2.61 bits per heavy atom. The molecule has 102 valence electrons. The highest BCUT2D eigenvalue weighted by Crippen LogP contribution is 2.40. The topological polar surface area (TPSA) is 101 Å². The van der Waals surface area contributed by atoms with E-state index >= 15 is 0 Å². The van der Waals surface area contributed by atoms with Crippen LogP contribution in [0.2, 0.25) is 0 Å². The molecular formula is C11H20N4O2S. The Balaban J connectivity index is 2.30. The van der Waals surface area contributed by atoms with Gasteiger partial charge in [0.1, 0.15) is 0 Å². The zero-order valence-electron chi connectivity index (χ0n) is 10.9. The third-order valence-electron chi connectivity index (χ3n) is 3.49. The summed E-state index contributed by atoms with van der Waals surface area (Å²) in [5, 5.41) is 6.57. The fourth-order valence-corrected chi connectivity index (χ4v) is 3.86. The summed E-state index contributed by atoms with van der Waals surface area (Å²) in [6, 6.07) is 0. The molecule has 1 aliphatic rings. The fraction of sp³-hybridized carbons (Fsp3) is 0.727. The third-order valence-corrected chi connectivity index (χ3v) is 5.13. The zero-order valence-corrected chi connectivity index (χ0v) is 11.8. The molecule has 1 aliphatic carbocycles. The van der Waals surface area contributed by atoms with Crippen LogP contribution in [-0.2, 0) is 16.6 Å². The Morgan fingerprint density at radius 1 is 1.50 bits per heavy atom. The first-order valence-electron chi connectivity index (χ1n) is 6.06. The second-order valence-electron chi connectivity index (χ2n) is 5.44. The minimum atomic E-state index is -3.62. The maximum Gasteiger partial charge on any atom is 0.260 e. The summed E-state index contributed by atoms with van der Waals surface area (Å²) < 4.78 is 27.4. The molecule has 1 aromatic heterocycles. The predicted octanol–water partition coefficient (Wildman–Crippen LogP) is 0.644. The van der Waals surface area contributed by atoms with Crippen LogP contribution in [0.3, 0.4) is 0 Å². The Bertz CT molecular complexity index is 543. The lowest BCUT2D eigenvalue weighted by molar-refractivity contribution is 0.399. The van der Waals surface area contributed by atoms with Crippen molar-refractivity contribution in [2.24, 2.45) is 11.7 Å². The summed E-state index contributed by atoms with van der Waals surface area (Å²) in [7, 11) is -3.62. The van der Waals surface area contributed by atoms with Crippen LogP contribution in [0.1, 0.15) is 37.9 Å². The van der Waals surface area contributed by atoms with E-state index in [0.29, 0.717) is 17.2 Å². The molecule has 1 heterocycles. The number of hydrogen-bond donors (Lipinski definition) is 3. The van der Waals surface area contributed by atoms with E-state index in [-0.39, 0.29) is 11.6 Å². The number of aryl methyl sites for hydroxylation is 1. The highest BCUT2D eigenvalue weighted by Gasteiger charge is 2.41. The van der Waals surface area contributed by atoms with E-state index < -0.39 is 15.6 Å². The first kappa shape index (κ1) is 13.5. The highest BCUT2D eigenvalue weighted by atomic mass is 32.2. The van der Waals surface area contributed by atoms with Gasteiger partial charge in [-0.3, -0.25) is 5.10 Å². The monoisotopic (exact) mass is 272 g/mol. The first-order chi connectivity index (χ1) is 8.28. The van der Waals surface area contributed by atoms with E-state index in [9.17, 15) is 8.42 Å². The quantitative estimate of drug-likeness (QED) is 0.732. The molecule has 0 bridgehead atoms. The molecule has 0 saturated heterocycles. The van der Waals surface area contributed by atoms with Gasteiger partial charge in [-0.25, -0.2) is 13.1 Å². The van der Waals surface area contributed by atoms with Crippen molar-refractivity contribution in [2.45, 2.75) is 50.7 Å².